The van der Waals surface area contributed by atoms with Crippen molar-refractivity contribution in [3.63, 3.8) is 0 Å². The van der Waals surface area contributed by atoms with Gasteiger partial charge in [0, 0.05) is 36.0 Å². The molecule has 6 rings (SSSR count). The van der Waals surface area contributed by atoms with E-state index in [2.05, 4.69) is 49.6 Å². The average molecular weight is 511 g/mol. The number of carbonyl (C=O) groups is 1. The number of fused-ring (bicyclic) bond motifs is 4. The first-order chi connectivity index (χ1) is 17.0. The molecule has 0 saturated carbocycles. The van der Waals surface area contributed by atoms with Gasteiger partial charge < -0.3 is 24.2 Å². The van der Waals surface area contributed by atoms with Crippen LogP contribution in [0.5, 0.6) is 5.75 Å². The van der Waals surface area contributed by atoms with Gasteiger partial charge in [-0.05, 0) is 57.8 Å². The molecule has 2 N–H and O–H groups in total. The molecular formula is C25H30N6O2S2. The van der Waals surface area contributed by atoms with Crippen LogP contribution in [0.2, 0.25) is 0 Å². The van der Waals surface area contributed by atoms with Gasteiger partial charge in [0.15, 0.2) is 0 Å². The van der Waals surface area contributed by atoms with Crippen LogP contribution in [0.3, 0.4) is 0 Å². The highest BCUT2D eigenvalue weighted by atomic mass is 32.1. The van der Waals surface area contributed by atoms with E-state index in [1.165, 1.54) is 15.1 Å². The molecule has 2 aliphatic rings. The fourth-order valence-corrected chi connectivity index (χ4v) is 7.36. The van der Waals surface area contributed by atoms with Gasteiger partial charge in [-0.15, -0.1) is 11.3 Å². The standard InChI is InChI=1S/C25H30N6O2S2/c1-30(2)15-6-8-31(9-7-15)25(32)14-4-5-16-20(10-14)34-24-22(16)23(26-13-27-24)28-17-12-21-18(29-35-21)11-19(17)33-3/h11-15,29H,4-10H2,1-3H3,(H,26,27,28). The topological polar surface area (TPSA) is 86.4 Å². The summed E-state index contributed by atoms with van der Waals surface area (Å²) < 4.78 is 10.0. The zero-order valence-electron chi connectivity index (χ0n) is 20.3. The van der Waals surface area contributed by atoms with Crippen LogP contribution in [0.4, 0.5) is 11.5 Å². The Labute approximate surface area is 212 Å². The molecule has 1 amide bonds. The van der Waals surface area contributed by atoms with Gasteiger partial charge >= 0.3 is 0 Å². The van der Waals surface area contributed by atoms with Crippen molar-refractivity contribution in [3.05, 3.63) is 28.9 Å². The SMILES string of the molecule is COc1cc2[nH]sc2cc1Nc1ncnc2sc3c(c12)CCC(C(=O)N1CCC(N(C)C)CC1)C3. The number of nitrogens with zero attached hydrogens (tertiary/aromatic N) is 4. The lowest BCUT2D eigenvalue weighted by molar-refractivity contribution is -0.137. The number of hydrogen-bond donors (Lipinski definition) is 2. The summed E-state index contributed by atoms with van der Waals surface area (Å²) in [6.45, 7) is 1.74. The Kier molecular flexibility index (Phi) is 5.90. The molecule has 4 heterocycles. The number of likely N-dealkylation sites (tertiary alicyclic amines) is 1. The Morgan fingerprint density at radius 2 is 2.06 bits per heavy atom. The second kappa shape index (κ2) is 9.07. The smallest absolute Gasteiger partial charge is 0.226 e. The van der Waals surface area contributed by atoms with E-state index in [-0.39, 0.29) is 5.92 Å². The summed E-state index contributed by atoms with van der Waals surface area (Å²) >= 11 is 3.31. The van der Waals surface area contributed by atoms with E-state index in [9.17, 15) is 4.79 Å². The molecule has 1 saturated heterocycles. The Bertz CT molecular complexity index is 1380. The molecule has 1 fully saturated rings. The van der Waals surface area contributed by atoms with E-state index in [1.807, 2.05) is 6.07 Å². The Morgan fingerprint density at radius 3 is 2.77 bits per heavy atom. The molecule has 10 heteroatoms. The number of piperidine rings is 1. The number of anilines is 2. The first-order valence-corrected chi connectivity index (χ1v) is 13.8. The van der Waals surface area contributed by atoms with Crippen LogP contribution >= 0.6 is 22.9 Å². The first kappa shape index (κ1) is 22.8. The van der Waals surface area contributed by atoms with Crippen LogP contribution < -0.4 is 10.1 Å². The third-order valence-corrected chi connectivity index (χ3v) is 9.57. The molecule has 0 radical (unpaired) electrons. The maximum absolute atomic E-state index is 13.4. The predicted octanol–water partition coefficient (Wildman–Crippen LogP) is 4.64. The molecular weight excluding hydrogens is 480 g/mol. The third kappa shape index (κ3) is 4.07. The first-order valence-electron chi connectivity index (χ1n) is 12.1. The van der Waals surface area contributed by atoms with Gasteiger partial charge in [-0.25, -0.2) is 9.97 Å². The van der Waals surface area contributed by atoms with Gasteiger partial charge in [-0.3, -0.25) is 4.79 Å². The minimum atomic E-state index is 0.0633. The van der Waals surface area contributed by atoms with E-state index in [4.69, 9.17) is 4.74 Å². The number of amides is 1. The van der Waals surface area contributed by atoms with Gasteiger partial charge in [0.1, 0.15) is 22.7 Å². The second-order valence-electron chi connectivity index (χ2n) is 9.74. The minimum absolute atomic E-state index is 0.0633. The van der Waals surface area contributed by atoms with Gasteiger partial charge in [0.25, 0.3) is 0 Å². The molecule has 1 aliphatic heterocycles. The zero-order chi connectivity index (χ0) is 24.1. The summed E-state index contributed by atoms with van der Waals surface area (Å²) in [5.74, 6) is 1.97. The number of benzene rings is 1. The minimum Gasteiger partial charge on any atom is -0.494 e. The van der Waals surface area contributed by atoms with Crippen molar-refractivity contribution in [1.29, 1.82) is 0 Å². The van der Waals surface area contributed by atoms with E-state index in [0.717, 1.165) is 78.2 Å². The number of rotatable bonds is 5. The van der Waals surface area contributed by atoms with Crippen LogP contribution in [0.15, 0.2) is 18.5 Å². The molecule has 3 aromatic heterocycles. The van der Waals surface area contributed by atoms with Crippen LogP contribution in [0.1, 0.15) is 29.7 Å². The highest BCUT2D eigenvalue weighted by Gasteiger charge is 2.33. The quantitative estimate of drug-likeness (QED) is 0.407. The molecule has 1 aromatic carbocycles. The molecule has 1 aliphatic carbocycles. The lowest BCUT2D eigenvalue weighted by Gasteiger charge is -2.37. The van der Waals surface area contributed by atoms with Gasteiger partial charge in [-0.2, -0.15) is 0 Å². The highest BCUT2D eigenvalue weighted by molar-refractivity contribution is 7.19. The number of carbonyl (C=O) groups excluding carboxylic acids is 1. The van der Waals surface area contributed by atoms with E-state index in [0.29, 0.717) is 11.9 Å². The van der Waals surface area contributed by atoms with Crippen molar-refractivity contribution < 1.29 is 9.53 Å². The van der Waals surface area contributed by atoms with Gasteiger partial charge in [0.05, 0.1) is 28.4 Å². The number of hydrogen-bond acceptors (Lipinski definition) is 8. The third-order valence-electron chi connectivity index (χ3n) is 7.53. The summed E-state index contributed by atoms with van der Waals surface area (Å²) in [6, 6.07) is 4.68. The Morgan fingerprint density at radius 1 is 1.23 bits per heavy atom. The van der Waals surface area contributed by atoms with Crippen LogP contribution in [0, 0.1) is 5.92 Å². The fourth-order valence-electron chi connectivity index (χ4n) is 5.46. The van der Waals surface area contributed by atoms with Crippen LogP contribution in [-0.4, -0.2) is 70.4 Å². The van der Waals surface area contributed by atoms with Crippen molar-refractivity contribution in [2.45, 2.75) is 38.1 Å². The van der Waals surface area contributed by atoms with Gasteiger partial charge in [-0.1, -0.05) is 11.5 Å². The van der Waals surface area contributed by atoms with E-state index >= 15 is 0 Å². The molecule has 0 bridgehead atoms. The van der Waals surface area contributed by atoms with Crippen LogP contribution in [-0.2, 0) is 17.6 Å². The molecule has 184 valence electrons. The number of aromatic amines is 1. The van der Waals surface area contributed by atoms with E-state index < -0.39 is 0 Å². The Balaban J connectivity index is 1.24. The summed E-state index contributed by atoms with van der Waals surface area (Å²) in [6.07, 6.45) is 6.30. The van der Waals surface area contributed by atoms with Crippen molar-refractivity contribution in [2.75, 3.05) is 39.6 Å². The van der Waals surface area contributed by atoms with Crippen molar-refractivity contribution in [1.82, 2.24) is 24.1 Å². The maximum atomic E-state index is 13.4. The lowest BCUT2D eigenvalue weighted by atomic mass is 9.86. The van der Waals surface area contributed by atoms with Gasteiger partial charge in [0.2, 0.25) is 5.91 Å². The number of aryl methyl sites for hydroxylation is 1. The summed E-state index contributed by atoms with van der Waals surface area (Å²) in [5, 5.41) is 4.60. The van der Waals surface area contributed by atoms with Crippen molar-refractivity contribution in [3.8, 4) is 5.75 Å². The summed E-state index contributed by atoms with van der Waals surface area (Å²) in [5.41, 5.74) is 3.27. The van der Waals surface area contributed by atoms with E-state index in [1.54, 1.807) is 36.3 Å². The predicted molar refractivity (Wildman–Crippen MR) is 142 cm³/mol. The molecule has 1 unspecified atom stereocenters. The number of nitrogens with one attached hydrogen (secondary N) is 2. The van der Waals surface area contributed by atoms with Crippen LogP contribution in [0.25, 0.3) is 20.4 Å². The molecule has 35 heavy (non-hydrogen) atoms. The molecule has 0 spiro atoms. The molecule has 4 aromatic rings. The largest absolute Gasteiger partial charge is 0.494 e. The zero-order valence-corrected chi connectivity index (χ0v) is 21.9. The normalized spacial score (nSPS) is 19.0. The Hall–Kier alpha value is -2.69. The second-order valence-corrected chi connectivity index (χ2v) is 11.7. The van der Waals surface area contributed by atoms with Crippen molar-refractivity contribution >= 4 is 60.7 Å². The summed E-state index contributed by atoms with van der Waals surface area (Å²) in [4.78, 5) is 29.2. The number of H-pyrrole nitrogens is 1. The molecule has 1 atom stereocenters. The number of aromatic nitrogens is 3. The monoisotopic (exact) mass is 510 g/mol. The lowest BCUT2D eigenvalue weighted by Crippen LogP contribution is -2.47. The molecule has 8 nitrogen and oxygen atoms in total. The van der Waals surface area contributed by atoms with Crippen molar-refractivity contribution in [2.24, 2.45) is 5.92 Å². The maximum Gasteiger partial charge on any atom is 0.226 e. The highest BCUT2D eigenvalue weighted by Crippen LogP contribution is 2.42. The summed E-state index contributed by atoms with van der Waals surface area (Å²) in [7, 11) is 5.95. The fraction of sp³-hybridized carbons (Fsp3) is 0.480. The number of thiophene rings is 1. The average Bonchev–Trinajstić information content (AvgIpc) is 3.24. The number of methoxy groups -OCH3 is 1. The number of ether oxygens (including phenoxy) is 1.